The average Bonchev–Trinajstić information content (AvgIpc) is 2.73. The molecule has 0 saturated heterocycles. The SMILES string of the molecule is COc1ccc(CCc2cccc(CCc3ccc(O)c(O)c3)c2)cc1OC. The van der Waals surface area contributed by atoms with Crippen LogP contribution in [0.5, 0.6) is 23.0 Å². The third-order valence-corrected chi connectivity index (χ3v) is 4.88. The highest BCUT2D eigenvalue weighted by Gasteiger charge is 2.06. The standard InChI is InChI=1S/C24H26O4/c1-27-23-13-11-20(16-24(23)28-2)9-7-18-5-3-4-17(14-18)6-8-19-10-12-21(25)22(26)15-19/h3-5,10-16,25-26H,6-9H2,1-2H3. The second-order valence-electron chi connectivity index (χ2n) is 6.83. The van der Waals surface area contributed by atoms with Crippen molar-refractivity contribution in [3.8, 4) is 23.0 Å². The van der Waals surface area contributed by atoms with Crippen molar-refractivity contribution in [2.24, 2.45) is 0 Å². The zero-order chi connectivity index (χ0) is 19.9. The first-order valence-corrected chi connectivity index (χ1v) is 9.38. The highest BCUT2D eigenvalue weighted by molar-refractivity contribution is 5.43. The maximum atomic E-state index is 9.62. The summed E-state index contributed by atoms with van der Waals surface area (Å²) >= 11 is 0. The number of hydrogen-bond acceptors (Lipinski definition) is 4. The maximum Gasteiger partial charge on any atom is 0.160 e. The summed E-state index contributed by atoms with van der Waals surface area (Å²) in [6.45, 7) is 0. The molecule has 3 rings (SSSR count). The van der Waals surface area contributed by atoms with Gasteiger partial charge in [-0.15, -0.1) is 0 Å². The van der Waals surface area contributed by atoms with Crippen molar-refractivity contribution in [3.05, 3.63) is 82.9 Å². The van der Waals surface area contributed by atoms with E-state index in [4.69, 9.17) is 9.47 Å². The van der Waals surface area contributed by atoms with Crippen molar-refractivity contribution in [1.82, 2.24) is 0 Å². The summed E-state index contributed by atoms with van der Waals surface area (Å²) in [7, 11) is 3.29. The van der Waals surface area contributed by atoms with Crippen LogP contribution in [0.3, 0.4) is 0 Å². The molecule has 0 aliphatic heterocycles. The molecular weight excluding hydrogens is 352 g/mol. The molecule has 4 nitrogen and oxygen atoms in total. The Morgan fingerprint density at radius 2 is 1.11 bits per heavy atom. The number of ether oxygens (including phenoxy) is 2. The van der Waals surface area contributed by atoms with E-state index in [1.807, 2.05) is 18.2 Å². The molecule has 0 aromatic heterocycles. The lowest BCUT2D eigenvalue weighted by atomic mass is 9.99. The average molecular weight is 378 g/mol. The fourth-order valence-corrected chi connectivity index (χ4v) is 3.28. The van der Waals surface area contributed by atoms with Crippen molar-refractivity contribution < 1.29 is 19.7 Å². The minimum absolute atomic E-state index is 0.0684. The Kier molecular flexibility index (Phi) is 6.43. The van der Waals surface area contributed by atoms with Gasteiger partial charge in [-0.2, -0.15) is 0 Å². The van der Waals surface area contributed by atoms with E-state index in [0.717, 1.165) is 42.7 Å². The molecule has 0 radical (unpaired) electrons. The fraction of sp³-hybridized carbons (Fsp3) is 0.250. The fourth-order valence-electron chi connectivity index (χ4n) is 3.28. The minimum atomic E-state index is -0.0825. The lowest BCUT2D eigenvalue weighted by Gasteiger charge is -2.10. The van der Waals surface area contributed by atoms with Crippen LogP contribution in [0.1, 0.15) is 22.3 Å². The van der Waals surface area contributed by atoms with Gasteiger partial charge in [-0.25, -0.2) is 0 Å². The third kappa shape index (κ3) is 4.97. The Labute approximate surface area is 166 Å². The lowest BCUT2D eigenvalue weighted by Crippen LogP contribution is -1.97. The number of methoxy groups -OCH3 is 2. The highest BCUT2D eigenvalue weighted by atomic mass is 16.5. The van der Waals surface area contributed by atoms with Crippen LogP contribution in [-0.2, 0) is 25.7 Å². The molecule has 0 bridgehead atoms. The smallest absolute Gasteiger partial charge is 0.160 e. The molecule has 0 aliphatic rings. The summed E-state index contributed by atoms with van der Waals surface area (Å²) in [6, 6.07) is 19.6. The molecule has 0 atom stereocenters. The molecule has 3 aromatic rings. The van der Waals surface area contributed by atoms with Gasteiger partial charge in [0.2, 0.25) is 0 Å². The monoisotopic (exact) mass is 378 g/mol. The molecule has 0 aliphatic carbocycles. The number of rotatable bonds is 8. The number of phenolic OH excluding ortho intramolecular Hbond substituents is 2. The van der Waals surface area contributed by atoms with Crippen molar-refractivity contribution in [2.45, 2.75) is 25.7 Å². The molecule has 0 amide bonds. The molecule has 146 valence electrons. The molecule has 0 spiro atoms. The van der Waals surface area contributed by atoms with Crippen LogP contribution in [-0.4, -0.2) is 24.4 Å². The van der Waals surface area contributed by atoms with Crippen molar-refractivity contribution in [3.63, 3.8) is 0 Å². The molecule has 3 aromatic carbocycles. The van der Waals surface area contributed by atoms with Gasteiger partial charge in [0.1, 0.15) is 0 Å². The van der Waals surface area contributed by atoms with E-state index in [1.54, 1.807) is 20.3 Å². The second-order valence-corrected chi connectivity index (χ2v) is 6.83. The van der Waals surface area contributed by atoms with Crippen LogP contribution in [0, 0.1) is 0 Å². The highest BCUT2D eigenvalue weighted by Crippen LogP contribution is 2.28. The van der Waals surface area contributed by atoms with Gasteiger partial charge in [-0.3, -0.25) is 0 Å². The zero-order valence-electron chi connectivity index (χ0n) is 16.3. The van der Waals surface area contributed by atoms with E-state index < -0.39 is 0 Å². The Morgan fingerprint density at radius 1 is 0.571 bits per heavy atom. The van der Waals surface area contributed by atoms with Crippen LogP contribution < -0.4 is 9.47 Å². The van der Waals surface area contributed by atoms with Gasteiger partial charge in [0, 0.05) is 0 Å². The number of benzene rings is 3. The Balaban J connectivity index is 1.61. The Hall–Kier alpha value is -3.14. The van der Waals surface area contributed by atoms with Crippen LogP contribution in [0.25, 0.3) is 0 Å². The molecule has 0 fully saturated rings. The lowest BCUT2D eigenvalue weighted by molar-refractivity contribution is 0.354. The molecular formula is C24H26O4. The van der Waals surface area contributed by atoms with Crippen molar-refractivity contribution >= 4 is 0 Å². The quantitative estimate of drug-likeness (QED) is 0.559. The molecule has 0 unspecified atom stereocenters. The minimum Gasteiger partial charge on any atom is -0.504 e. The molecule has 2 N–H and O–H groups in total. The van der Waals surface area contributed by atoms with Gasteiger partial charge < -0.3 is 19.7 Å². The normalized spacial score (nSPS) is 10.6. The van der Waals surface area contributed by atoms with Gasteiger partial charge >= 0.3 is 0 Å². The number of aryl methyl sites for hydroxylation is 4. The van der Waals surface area contributed by atoms with Gasteiger partial charge in [-0.1, -0.05) is 36.4 Å². The van der Waals surface area contributed by atoms with E-state index >= 15 is 0 Å². The first kappa shape index (κ1) is 19.6. The third-order valence-electron chi connectivity index (χ3n) is 4.88. The van der Waals surface area contributed by atoms with E-state index in [1.165, 1.54) is 22.8 Å². The van der Waals surface area contributed by atoms with Crippen molar-refractivity contribution in [2.75, 3.05) is 14.2 Å². The van der Waals surface area contributed by atoms with E-state index in [-0.39, 0.29) is 11.5 Å². The number of aromatic hydroxyl groups is 2. The first-order chi connectivity index (χ1) is 13.6. The van der Waals surface area contributed by atoms with Crippen LogP contribution in [0.15, 0.2) is 60.7 Å². The second kappa shape index (κ2) is 9.18. The number of phenols is 2. The maximum absolute atomic E-state index is 9.62. The summed E-state index contributed by atoms with van der Waals surface area (Å²) in [5.41, 5.74) is 4.77. The Morgan fingerprint density at radius 3 is 1.68 bits per heavy atom. The van der Waals surface area contributed by atoms with E-state index in [2.05, 4.69) is 30.3 Å². The molecule has 0 saturated carbocycles. The van der Waals surface area contributed by atoms with Gasteiger partial charge in [-0.05, 0) is 72.2 Å². The van der Waals surface area contributed by atoms with E-state index in [0.29, 0.717) is 0 Å². The molecule has 28 heavy (non-hydrogen) atoms. The predicted molar refractivity (Wildman–Crippen MR) is 111 cm³/mol. The zero-order valence-corrected chi connectivity index (χ0v) is 16.3. The summed E-state index contributed by atoms with van der Waals surface area (Å²) < 4.78 is 10.7. The Bertz CT molecular complexity index is 934. The largest absolute Gasteiger partial charge is 0.504 e. The number of hydrogen-bond donors (Lipinski definition) is 2. The topological polar surface area (TPSA) is 58.9 Å². The van der Waals surface area contributed by atoms with Crippen LogP contribution >= 0.6 is 0 Å². The van der Waals surface area contributed by atoms with Crippen molar-refractivity contribution in [1.29, 1.82) is 0 Å². The predicted octanol–water partition coefficient (Wildman–Crippen LogP) is 4.69. The summed E-state index contributed by atoms with van der Waals surface area (Å²) in [4.78, 5) is 0. The summed E-state index contributed by atoms with van der Waals surface area (Å²) in [6.07, 6.45) is 3.57. The summed E-state index contributed by atoms with van der Waals surface area (Å²) in [5.74, 6) is 1.35. The van der Waals surface area contributed by atoms with Crippen LogP contribution in [0.2, 0.25) is 0 Å². The van der Waals surface area contributed by atoms with Gasteiger partial charge in [0.25, 0.3) is 0 Å². The van der Waals surface area contributed by atoms with Crippen LogP contribution in [0.4, 0.5) is 0 Å². The summed E-state index contributed by atoms with van der Waals surface area (Å²) in [5, 5.41) is 19.0. The van der Waals surface area contributed by atoms with Gasteiger partial charge in [0.15, 0.2) is 23.0 Å². The first-order valence-electron chi connectivity index (χ1n) is 9.38. The van der Waals surface area contributed by atoms with Gasteiger partial charge in [0.05, 0.1) is 14.2 Å². The van der Waals surface area contributed by atoms with E-state index in [9.17, 15) is 10.2 Å². The molecule has 0 heterocycles. The molecule has 4 heteroatoms.